The van der Waals surface area contributed by atoms with Crippen molar-refractivity contribution < 1.29 is 32.2 Å². The van der Waals surface area contributed by atoms with E-state index >= 15 is 0 Å². The van der Waals surface area contributed by atoms with Gasteiger partial charge in [0.1, 0.15) is 17.8 Å². The minimum atomic E-state index is -4.46. The second-order valence-electron chi connectivity index (χ2n) is 7.84. The molecule has 180 valence electrons. The van der Waals surface area contributed by atoms with Crippen molar-refractivity contribution in [1.29, 1.82) is 0 Å². The molecule has 0 saturated heterocycles. The number of carboxylic acid groups (broad SMARTS) is 1. The number of carboxylic acids is 1. The molecule has 0 spiro atoms. The first kappa shape index (κ1) is 24.0. The number of ether oxygens (including phenoxy) is 1. The summed E-state index contributed by atoms with van der Waals surface area (Å²) in [4.78, 5) is 16.9. The van der Waals surface area contributed by atoms with Gasteiger partial charge in [-0.15, -0.1) is 0 Å². The van der Waals surface area contributed by atoms with Crippen LogP contribution in [0, 0.1) is 0 Å². The van der Waals surface area contributed by atoms with Gasteiger partial charge in [-0.3, -0.25) is 4.90 Å². The quantitative estimate of drug-likeness (QED) is 0.298. The highest BCUT2D eigenvalue weighted by Gasteiger charge is 2.30. The summed E-state index contributed by atoms with van der Waals surface area (Å²) in [6, 6.07) is 21.7. The second-order valence-corrected chi connectivity index (χ2v) is 7.84. The maximum absolute atomic E-state index is 13.2. The molecule has 0 radical (unpaired) electrons. The molecular weight excluding hydrogens is 461 g/mol. The predicted octanol–water partition coefficient (Wildman–Crippen LogP) is 6.39. The molecule has 0 amide bonds. The third-order valence-corrected chi connectivity index (χ3v) is 5.07. The Labute approximate surface area is 199 Å². The minimum absolute atomic E-state index is 0.0906. The Balaban J connectivity index is 1.56. The standard InChI is InChI=1S/C26H21F3N2O4/c27-26(28,29)20-8-4-6-18(12-20)14-31(16-24-30-23(17-34-24)25(32)33)15-19-7-5-11-22(13-19)35-21-9-2-1-3-10-21/h1-13,17H,14-16H2,(H,32,33). The largest absolute Gasteiger partial charge is 0.476 e. The summed E-state index contributed by atoms with van der Waals surface area (Å²) in [6.45, 7) is 0.568. The summed E-state index contributed by atoms with van der Waals surface area (Å²) < 4.78 is 50.7. The third kappa shape index (κ3) is 6.70. The Bertz CT molecular complexity index is 1290. The van der Waals surface area contributed by atoms with Crippen molar-refractivity contribution >= 4 is 5.97 Å². The first-order valence-corrected chi connectivity index (χ1v) is 10.6. The highest BCUT2D eigenvalue weighted by atomic mass is 19.4. The summed E-state index contributed by atoms with van der Waals surface area (Å²) in [6.07, 6.45) is -3.42. The Hall–Kier alpha value is -4.11. The number of para-hydroxylation sites is 1. The molecule has 0 saturated carbocycles. The Morgan fingerprint density at radius 2 is 1.54 bits per heavy atom. The lowest BCUT2D eigenvalue weighted by atomic mass is 10.1. The Morgan fingerprint density at radius 1 is 0.886 bits per heavy atom. The van der Waals surface area contributed by atoms with E-state index < -0.39 is 17.7 Å². The fourth-order valence-corrected chi connectivity index (χ4v) is 3.54. The topological polar surface area (TPSA) is 75.8 Å². The fraction of sp³-hybridized carbons (Fsp3) is 0.154. The number of halogens is 3. The van der Waals surface area contributed by atoms with Gasteiger partial charge in [0.2, 0.25) is 5.89 Å². The zero-order chi connectivity index (χ0) is 24.8. The Morgan fingerprint density at radius 3 is 2.20 bits per heavy atom. The summed E-state index contributed by atoms with van der Waals surface area (Å²) in [5.74, 6) is 0.199. The van der Waals surface area contributed by atoms with Crippen LogP contribution in [0.15, 0.2) is 89.5 Å². The van der Waals surface area contributed by atoms with Crippen LogP contribution in [0.4, 0.5) is 13.2 Å². The number of benzene rings is 3. The van der Waals surface area contributed by atoms with Crippen molar-refractivity contribution in [3.05, 3.63) is 113 Å². The van der Waals surface area contributed by atoms with Crippen LogP contribution in [-0.4, -0.2) is 21.0 Å². The first-order valence-electron chi connectivity index (χ1n) is 10.6. The molecule has 0 atom stereocenters. The van der Waals surface area contributed by atoms with Gasteiger partial charge in [0.05, 0.1) is 12.1 Å². The Kier molecular flexibility index (Phi) is 7.17. The van der Waals surface area contributed by atoms with E-state index in [4.69, 9.17) is 14.3 Å². The number of carbonyl (C=O) groups is 1. The number of aromatic carboxylic acids is 1. The van der Waals surface area contributed by atoms with Crippen LogP contribution in [0.5, 0.6) is 11.5 Å². The summed E-state index contributed by atoms with van der Waals surface area (Å²) in [7, 11) is 0. The van der Waals surface area contributed by atoms with Gasteiger partial charge in [-0.05, 0) is 41.5 Å². The van der Waals surface area contributed by atoms with Gasteiger partial charge in [-0.25, -0.2) is 9.78 Å². The normalized spacial score (nSPS) is 11.5. The molecule has 1 aromatic heterocycles. The molecular formula is C26H21F3N2O4. The third-order valence-electron chi connectivity index (χ3n) is 5.07. The van der Waals surface area contributed by atoms with Crippen LogP contribution in [0.2, 0.25) is 0 Å². The zero-order valence-electron chi connectivity index (χ0n) is 18.4. The number of nitrogens with zero attached hydrogens (tertiary/aromatic N) is 2. The summed E-state index contributed by atoms with van der Waals surface area (Å²) >= 11 is 0. The molecule has 0 bridgehead atoms. The molecule has 0 fully saturated rings. The van der Waals surface area contributed by atoms with Gasteiger partial charge >= 0.3 is 12.1 Å². The highest BCUT2D eigenvalue weighted by molar-refractivity contribution is 5.84. The average molecular weight is 482 g/mol. The van der Waals surface area contributed by atoms with Gasteiger partial charge < -0.3 is 14.3 Å². The van der Waals surface area contributed by atoms with Gasteiger partial charge in [0.25, 0.3) is 0 Å². The number of oxazole rings is 1. The van der Waals surface area contributed by atoms with Crippen LogP contribution in [0.1, 0.15) is 33.1 Å². The fourth-order valence-electron chi connectivity index (χ4n) is 3.54. The van der Waals surface area contributed by atoms with Crippen molar-refractivity contribution in [3.8, 4) is 11.5 Å². The molecule has 4 aromatic rings. The van der Waals surface area contributed by atoms with E-state index in [9.17, 15) is 18.0 Å². The van der Waals surface area contributed by atoms with Crippen LogP contribution >= 0.6 is 0 Å². The van der Waals surface area contributed by atoms with Crippen LogP contribution in [0.3, 0.4) is 0 Å². The summed E-state index contributed by atoms with van der Waals surface area (Å²) in [5.41, 5.74) is 0.312. The van der Waals surface area contributed by atoms with Crippen LogP contribution < -0.4 is 4.74 Å². The summed E-state index contributed by atoms with van der Waals surface area (Å²) in [5, 5.41) is 9.10. The number of alkyl halides is 3. The number of aromatic nitrogens is 1. The monoisotopic (exact) mass is 482 g/mol. The van der Waals surface area contributed by atoms with E-state index in [0.717, 1.165) is 24.0 Å². The van der Waals surface area contributed by atoms with Gasteiger partial charge in [0, 0.05) is 13.1 Å². The van der Waals surface area contributed by atoms with E-state index in [1.54, 1.807) is 12.1 Å². The van der Waals surface area contributed by atoms with E-state index in [0.29, 0.717) is 23.6 Å². The van der Waals surface area contributed by atoms with E-state index in [1.807, 2.05) is 53.4 Å². The number of hydrogen-bond donors (Lipinski definition) is 1. The van der Waals surface area contributed by atoms with E-state index in [1.165, 1.54) is 6.07 Å². The van der Waals surface area contributed by atoms with Crippen molar-refractivity contribution in [2.45, 2.75) is 25.8 Å². The highest BCUT2D eigenvalue weighted by Crippen LogP contribution is 2.30. The maximum atomic E-state index is 13.2. The molecule has 6 nitrogen and oxygen atoms in total. The molecule has 35 heavy (non-hydrogen) atoms. The van der Waals surface area contributed by atoms with Crippen molar-refractivity contribution in [3.63, 3.8) is 0 Å². The molecule has 0 aliphatic carbocycles. The molecule has 1 heterocycles. The van der Waals surface area contributed by atoms with Crippen LogP contribution in [0.25, 0.3) is 0 Å². The molecule has 0 unspecified atom stereocenters. The lowest BCUT2D eigenvalue weighted by Gasteiger charge is -2.22. The molecule has 9 heteroatoms. The first-order chi connectivity index (χ1) is 16.8. The van der Waals surface area contributed by atoms with Crippen molar-refractivity contribution in [2.75, 3.05) is 0 Å². The average Bonchev–Trinajstić information content (AvgIpc) is 3.28. The zero-order valence-corrected chi connectivity index (χ0v) is 18.4. The smallest absolute Gasteiger partial charge is 0.416 e. The van der Waals surface area contributed by atoms with Crippen molar-refractivity contribution in [2.24, 2.45) is 0 Å². The predicted molar refractivity (Wildman–Crippen MR) is 121 cm³/mol. The lowest BCUT2D eigenvalue weighted by molar-refractivity contribution is -0.137. The molecule has 0 aliphatic rings. The van der Waals surface area contributed by atoms with Gasteiger partial charge in [0.15, 0.2) is 5.69 Å². The van der Waals surface area contributed by atoms with Crippen LogP contribution in [-0.2, 0) is 25.8 Å². The SMILES string of the molecule is O=C(O)c1coc(CN(Cc2cccc(Oc3ccccc3)c2)Cc2cccc(C(F)(F)F)c2)n1. The lowest BCUT2D eigenvalue weighted by Crippen LogP contribution is -2.23. The maximum Gasteiger partial charge on any atom is 0.416 e. The molecule has 3 aromatic carbocycles. The van der Waals surface area contributed by atoms with Crippen molar-refractivity contribution in [1.82, 2.24) is 9.88 Å². The number of rotatable bonds is 9. The molecule has 4 rings (SSSR count). The van der Waals surface area contributed by atoms with Gasteiger partial charge in [-0.1, -0.05) is 48.5 Å². The van der Waals surface area contributed by atoms with E-state index in [-0.39, 0.29) is 24.7 Å². The molecule has 1 N–H and O–H groups in total. The number of hydrogen-bond acceptors (Lipinski definition) is 5. The van der Waals surface area contributed by atoms with Gasteiger partial charge in [-0.2, -0.15) is 13.2 Å². The molecule has 0 aliphatic heterocycles. The van der Waals surface area contributed by atoms with E-state index in [2.05, 4.69) is 4.98 Å². The second kappa shape index (κ2) is 10.4. The minimum Gasteiger partial charge on any atom is -0.476 e.